The highest BCUT2D eigenvalue weighted by molar-refractivity contribution is 7.43. The van der Waals surface area contributed by atoms with E-state index in [9.17, 15) is 14.4 Å². The van der Waals surface area contributed by atoms with Crippen molar-refractivity contribution in [3.8, 4) is 0 Å². The lowest BCUT2D eigenvalue weighted by molar-refractivity contribution is -0.336. The summed E-state index contributed by atoms with van der Waals surface area (Å²) in [6.45, 7) is 0. The molecule has 0 atom stereocenters. The Hall–Kier alpha value is -0.380. The van der Waals surface area contributed by atoms with Gasteiger partial charge in [-0.25, -0.2) is 5.41 Å². The van der Waals surface area contributed by atoms with Gasteiger partial charge in [0.05, 0.1) is 0 Å². The second kappa shape index (κ2) is 2.07. The summed E-state index contributed by atoms with van der Waals surface area (Å²) in [6, 6.07) is 0. The largest absolute Gasteiger partial charge is 0.780 e. The van der Waals surface area contributed by atoms with Crippen molar-refractivity contribution in [2.24, 2.45) is 0 Å². The minimum atomic E-state index is -4.85. The van der Waals surface area contributed by atoms with Gasteiger partial charge in [0.1, 0.15) is 7.82 Å². The molecule has 0 aliphatic carbocycles. The van der Waals surface area contributed by atoms with Crippen molar-refractivity contribution >= 4 is 14.2 Å². The first-order chi connectivity index (χ1) is 3.06. The molecule has 6 heteroatoms. The summed E-state index contributed by atoms with van der Waals surface area (Å²) >= 11 is 0. The highest BCUT2D eigenvalue weighted by atomic mass is 31.2. The van der Waals surface area contributed by atoms with Crippen LogP contribution in [0.5, 0.6) is 0 Å². The first-order valence-corrected chi connectivity index (χ1v) is 2.76. The zero-order valence-electron chi connectivity index (χ0n) is 3.23. The van der Waals surface area contributed by atoms with E-state index in [1.54, 1.807) is 0 Å². The SMILES string of the molecule is [NH2+]=COP(=O)([O-])[O-]. The topological polar surface area (TPSA) is 98.0 Å². The van der Waals surface area contributed by atoms with E-state index in [1.807, 2.05) is 0 Å². The third-order valence-electron chi connectivity index (χ3n) is 0.190. The molecule has 0 aromatic rings. The molecule has 0 bridgehead atoms. The molecule has 0 aliphatic rings. The van der Waals surface area contributed by atoms with Gasteiger partial charge >= 0.3 is 6.40 Å². The number of nitrogens with two attached hydrogens (primary N) is 1. The van der Waals surface area contributed by atoms with Crippen LogP contribution in [-0.2, 0) is 9.09 Å². The number of phosphoric ester groups is 1. The second-order valence-electron chi connectivity index (χ2n) is 0.689. The average Bonchev–Trinajstić information content (AvgIpc) is 1.30. The molecule has 7 heavy (non-hydrogen) atoms. The molecule has 0 rings (SSSR count). The van der Waals surface area contributed by atoms with Crippen molar-refractivity contribution in [1.82, 2.24) is 0 Å². The number of hydrogen-bond donors (Lipinski definition) is 1. The monoisotopic (exact) mass is 124 g/mol. The zero-order chi connectivity index (χ0) is 5.91. The maximum Gasteiger partial charge on any atom is 0.323 e. The summed E-state index contributed by atoms with van der Waals surface area (Å²) in [6.07, 6.45) is 0.320. The molecule has 0 radical (unpaired) electrons. The standard InChI is InChI=1S/CH4NO4P/c2-1-6-7(3,4)5/h1-2H,(H2,3,4,5)/p-1. The zero-order valence-corrected chi connectivity index (χ0v) is 4.13. The van der Waals surface area contributed by atoms with Crippen molar-refractivity contribution in [2.75, 3.05) is 0 Å². The number of hydrogen-bond acceptors (Lipinski definition) is 4. The molecule has 2 N–H and O–H groups in total. The van der Waals surface area contributed by atoms with Gasteiger partial charge in [0.15, 0.2) is 0 Å². The Balaban J connectivity index is 3.57. The molecule has 0 aromatic heterocycles. The van der Waals surface area contributed by atoms with Gasteiger partial charge in [0.2, 0.25) is 0 Å². The van der Waals surface area contributed by atoms with Gasteiger partial charge in [-0.15, -0.1) is 0 Å². The van der Waals surface area contributed by atoms with Crippen LogP contribution in [0.3, 0.4) is 0 Å². The molecule has 0 heterocycles. The molecular weight excluding hydrogens is 121 g/mol. The highest BCUT2D eigenvalue weighted by Crippen LogP contribution is 2.21. The molecule has 0 spiro atoms. The van der Waals surface area contributed by atoms with Gasteiger partial charge in [0, 0.05) is 0 Å². The van der Waals surface area contributed by atoms with Crippen LogP contribution in [0.1, 0.15) is 0 Å². The van der Waals surface area contributed by atoms with E-state index >= 15 is 0 Å². The fourth-order valence-corrected chi connectivity index (χ4v) is 0.224. The summed E-state index contributed by atoms with van der Waals surface area (Å²) in [4.78, 5) is 18.7. The fourth-order valence-electron chi connectivity index (χ4n) is 0.0745. The summed E-state index contributed by atoms with van der Waals surface area (Å²) in [7, 11) is -4.85. The maximum absolute atomic E-state index is 9.37. The molecule has 0 aromatic carbocycles. The number of rotatable bonds is 2. The van der Waals surface area contributed by atoms with E-state index in [0.29, 0.717) is 6.40 Å². The maximum atomic E-state index is 9.37. The second-order valence-corrected chi connectivity index (χ2v) is 1.79. The smallest absolute Gasteiger partial charge is 0.323 e. The predicted molar refractivity (Wildman–Crippen MR) is 16.7 cm³/mol. The van der Waals surface area contributed by atoms with Crippen molar-refractivity contribution in [2.45, 2.75) is 0 Å². The first-order valence-electron chi connectivity index (χ1n) is 1.30. The summed E-state index contributed by atoms with van der Waals surface area (Å²) in [5.41, 5.74) is 0. The van der Waals surface area contributed by atoms with Crippen LogP contribution in [0.25, 0.3) is 0 Å². The Morgan fingerprint density at radius 3 is 2.14 bits per heavy atom. The van der Waals surface area contributed by atoms with Gasteiger partial charge in [-0.1, -0.05) is 0 Å². The molecule has 0 saturated heterocycles. The Morgan fingerprint density at radius 1 is 1.71 bits per heavy atom. The van der Waals surface area contributed by atoms with E-state index < -0.39 is 7.82 Å². The molecule has 42 valence electrons. The molecule has 0 saturated carbocycles. The summed E-state index contributed by atoms with van der Waals surface area (Å²) in [5, 5.41) is 4.40. The number of phosphoric acid groups is 1. The summed E-state index contributed by atoms with van der Waals surface area (Å²) in [5.74, 6) is 0. The minimum Gasteiger partial charge on any atom is -0.780 e. The van der Waals surface area contributed by atoms with Crippen molar-refractivity contribution < 1.29 is 24.3 Å². The predicted octanol–water partition coefficient (Wildman–Crippen LogP) is -3.38. The van der Waals surface area contributed by atoms with Gasteiger partial charge < -0.3 is 18.9 Å². The normalized spacial score (nSPS) is 10.6. The average molecular weight is 124 g/mol. The third kappa shape index (κ3) is 5.62. The van der Waals surface area contributed by atoms with E-state index in [1.165, 1.54) is 0 Å². The molecule has 0 unspecified atom stereocenters. The Bertz CT molecular complexity index is 104. The molecule has 0 aliphatic heterocycles. The fraction of sp³-hybridized carbons (Fsp3) is 0. The Labute approximate surface area is 39.7 Å². The lowest BCUT2D eigenvalue weighted by Crippen LogP contribution is -2.32. The van der Waals surface area contributed by atoms with Crippen molar-refractivity contribution in [3.05, 3.63) is 0 Å². The van der Waals surface area contributed by atoms with Crippen LogP contribution < -0.4 is 15.2 Å². The molecular formula is CH3NO4P-. The van der Waals surface area contributed by atoms with E-state index in [4.69, 9.17) is 0 Å². The van der Waals surface area contributed by atoms with Gasteiger partial charge in [0.25, 0.3) is 0 Å². The van der Waals surface area contributed by atoms with Crippen molar-refractivity contribution in [3.63, 3.8) is 0 Å². The van der Waals surface area contributed by atoms with Crippen LogP contribution in [0.15, 0.2) is 0 Å². The summed E-state index contributed by atoms with van der Waals surface area (Å²) < 4.78 is 12.7. The van der Waals surface area contributed by atoms with Crippen LogP contribution >= 0.6 is 7.82 Å². The molecule has 5 nitrogen and oxygen atoms in total. The van der Waals surface area contributed by atoms with Crippen LogP contribution in [-0.4, -0.2) is 6.40 Å². The van der Waals surface area contributed by atoms with E-state index in [2.05, 4.69) is 9.93 Å². The van der Waals surface area contributed by atoms with Crippen molar-refractivity contribution in [1.29, 1.82) is 0 Å². The lowest BCUT2D eigenvalue weighted by atomic mass is 11.6. The van der Waals surface area contributed by atoms with E-state index in [0.717, 1.165) is 0 Å². The first kappa shape index (κ1) is 6.62. The molecule has 0 amide bonds. The van der Waals surface area contributed by atoms with Crippen LogP contribution in [0.2, 0.25) is 0 Å². The Morgan fingerprint density at radius 2 is 2.14 bits per heavy atom. The van der Waals surface area contributed by atoms with Crippen LogP contribution in [0, 0.1) is 0 Å². The lowest BCUT2D eigenvalue weighted by Gasteiger charge is -2.23. The third-order valence-corrected chi connectivity index (χ3v) is 0.570. The van der Waals surface area contributed by atoms with Gasteiger partial charge in [-0.05, 0) is 0 Å². The van der Waals surface area contributed by atoms with Gasteiger partial charge in [-0.3, -0.25) is 0 Å². The molecule has 0 fully saturated rings. The van der Waals surface area contributed by atoms with Crippen LogP contribution in [0.4, 0.5) is 0 Å². The Kier molecular flexibility index (Phi) is 1.95. The minimum absolute atomic E-state index is 0.320. The quantitative estimate of drug-likeness (QED) is 0.236. The van der Waals surface area contributed by atoms with Gasteiger partial charge in [-0.2, -0.15) is 0 Å². The van der Waals surface area contributed by atoms with E-state index in [-0.39, 0.29) is 0 Å². The highest BCUT2D eigenvalue weighted by Gasteiger charge is 1.82.